The number of benzene rings is 1. The van der Waals surface area contributed by atoms with Crippen LogP contribution < -0.4 is 34.0 Å². The van der Waals surface area contributed by atoms with Gasteiger partial charge in [0.25, 0.3) is 0 Å². The van der Waals surface area contributed by atoms with Gasteiger partial charge in [-0.1, -0.05) is 12.1 Å². The first-order valence-corrected chi connectivity index (χ1v) is 7.37. The van der Waals surface area contributed by atoms with Crippen molar-refractivity contribution >= 4 is 28.7 Å². The number of hydrogen-bond donors (Lipinski definition) is 1. The zero-order valence-corrected chi connectivity index (χ0v) is 13.3. The summed E-state index contributed by atoms with van der Waals surface area (Å²) < 4.78 is 5.10. The standard InChI is InChI=1S/C14H16N2O4S.Li/c1-20-10-4-2-3-9(5-10)6-12(17)15-7-13-16-11(8-21-13)14(18)19;/h2-5,11H,6-8H2,1H3,(H,15,17)(H,18,19);/q;+1/p-1/t11-;/m0./s1. The van der Waals surface area contributed by atoms with Gasteiger partial charge in [0.1, 0.15) is 5.75 Å². The summed E-state index contributed by atoms with van der Waals surface area (Å²) in [5, 5.41) is 14.0. The molecule has 2 rings (SSSR count). The molecule has 0 radical (unpaired) electrons. The molecule has 1 aliphatic heterocycles. The zero-order valence-electron chi connectivity index (χ0n) is 12.5. The topological polar surface area (TPSA) is 90.8 Å². The number of methoxy groups -OCH3 is 1. The number of carboxylic acid groups (broad SMARTS) is 1. The smallest absolute Gasteiger partial charge is 0.548 e. The molecule has 0 unspecified atom stereocenters. The number of carboxylic acids is 1. The fourth-order valence-corrected chi connectivity index (χ4v) is 2.78. The monoisotopic (exact) mass is 314 g/mol. The predicted octanol–water partition coefficient (Wildman–Crippen LogP) is -3.38. The number of carbonyl (C=O) groups is 2. The third kappa shape index (κ3) is 5.41. The second-order valence-electron chi connectivity index (χ2n) is 4.47. The van der Waals surface area contributed by atoms with E-state index in [0.717, 1.165) is 5.56 Å². The van der Waals surface area contributed by atoms with Gasteiger partial charge in [-0.25, -0.2) is 0 Å². The second-order valence-corrected chi connectivity index (χ2v) is 5.57. The Morgan fingerprint density at radius 2 is 2.27 bits per heavy atom. The molecule has 0 fully saturated rings. The molecule has 112 valence electrons. The van der Waals surface area contributed by atoms with E-state index in [1.54, 1.807) is 13.2 Å². The van der Waals surface area contributed by atoms with E-state index >= 15 is 0 Å². The van der Waals surface area contributed by atoms with Gasteiger partial charge in [0.15, 0.2) is 0 Å². The third-order valence-electron chi connectivity index (χ3n) is 2.92. The summed E-state index contributed by atoms with van der Waals surface area (Å²) in [7, 11) is 1.57. The molecule has 1 N–H and O–H groups in total. The van der Waals surface area contributed by atoms with Crippen LogP contribution >= 0.6 is 11.8 Å². The Bertz CT molecular complexity index is 580. The molecule has 22 heavy (non-hydrogen) atoms. The number of carbonyl (C=O) groups excluding carboxylic acids is 2. The van der Waals surface area contributed by atoms with E-state index in [4.69, 9.17) is 4.74 Å². The fraction of sp³-hybridized carbons (Fsp3) is 0.357. The molecule has 0 bridgehead atoms. The van der Waals surface area contributed by atoms with Gasteiger partial charge in [-0.2, -0.15) is 0 Å². The zero-order chi connectivity index (χ0) is 15.2. The summed E-state index contributed by atoms with van der Waals surface area (Å²) in [6.07, 6.45) is 0.235. The van der Waals surface area contributed by atoms with Crippen LogP contribution in [0.4, 0.5) is 0 Å². The fourth-order valence-electron chi connectivity index (χ4n) is 1.85. The van der Waals surface area contributed by atoms with Gasteiger partial charge >= 0.3 is 18.9 Å². The maximum atomic E-state index is 11.8. The van der Waals surface area contributed by atoms with Gasteiger partial charge < -0.3 is 20.0 Å². The van der Waals surface area contributed by atoms with E-state index in [-0.39, 0.29) is 37.7 Å². The van der Waals surface area contributed by atoms with Crippen molar-refractivity contribution in [3.8, 4) is 5.75 Å². The van der Waals surface area contributed by atoms with E-state index in [1.165, 1.54) is 11.8 Å². The normalized spacial score (nSPS) is 16.4. The Morgan fingerprint density at radius 3 is 2.91 bits per heavy atom. The Balaban J connectivity index is 0.00000242. The largest absolute Gasteiger partial charge is 1.00 e. The van der Waals surface area contributed by atoms with Crippen molar-refractivity contribution in [3.63, 3.8) is 0 Å². The number of thioether (sulfide) groups is 1. The quantitative estimate of drug-likeness (QED) is 0.553. The van der Waals surface area contributed by atoms with Gasteiger partial charge in [0, 0.05) is 5.75 Å². The van der Waals surface area contributed by atoms with E-state index in [1.807, 2.05) is 18.2 Å². The van der Waals surface area contributed by atoms with E-state index < -0.39 is 12.0 Å². The third-order valence-corrected chi connectivity index (χ3v) is 3.98. The van der Waals surface area contributed by atoms with E-state index in [9.17, 15) is 14.7 Å². The molecule has 1 heterocycles. The van der Waals surface area contributed by atoms with Crippen LogP contribution in [0.15, 0.2) is 29.3 Å². The summed E-state index contributed by atoms with van der Waals surface area (Å²) in [5.74, 6) is -0.264. The van der Waals surface area contributed by atoms with Gasteiger partial charge in [-0.05, 0) is 17.7 Å². The summed E-state index contributed by atoms with van der Waals surface area (Å²) in [5.41, 5.74) is 0.848. The number of nitrogens with one attached hydrogen (secondary N) is 1. The molecule has 8 heteroatoms. The van der Waals surface area contributed by atoms with Crippen LogP contribution in [0.25, 0.3) is 0 Å². The maximum absolute atomic E-state index is 11.8. The first-order chi connectivity index (χ1) is 10.1. The molecule has 1 amide bonds. The van der Waals surface area contributed by atoms with Gasteiger partial charge in [-0.3, -0.25) is 9.79 Å². The van der Waals surface area contributed by atoms with Crippen LogP contribution in [0.3, 0.4) is 0 Å². The molecule has 0 spiro atoms. The molecule has 6 nitrogen and oxygen atoms in total. The maximum Gasteiger partial charge on any atom is 1.00 e. The first-order valence-electron chi connectivity index (χ1n) is 6.38. The van der Waals surface area contributed by atoms with Crippen molar-refractivity contribution in [1.82, 2.24) is 5.32 Å². The van der Waals surface area contributed by atoms with Crippen molar-refractivity contribution < 1.29 is 38.3 Å². The summed E-state index contributed by atoms with van der Waals surface area (Å²) in [4.78, 5) is 26.5. The average Bonchev–Trinajstić information content (AvgIpc) is 2.94. The Kier molecular flexibility index (Phi) is 7.52. The molecule has 1 aliphatic rings. The minimum absolute atomic E-state index is 0. The Morgan fingerprint density at radius 1 is 1.50 bits per heavy atom. The van der Waals surface area contributed by atoms with Gasteiger partial charge in [-0.15, -0.1) is 11.8 Å². The summed E-state index contributed by atoms with van der Waals surface area (Å²) >= 11 is 1.33. The molecule has 0 aliphatic carbocycles. The predicted molar refractivity (Wildman–Crippen MR) is 78.4 cm³/mol. The second kappa shape index (κ2) is 8.88. The first kappa shape index (κ1) is 18.6. The number of aliphatic carboxylic acids is 1. The minimum atomic E-state index is -1.18. The van der Waals surface area contributed by atoms with Crippen molar-refractivity contribution in [2.24, 2.45) is 4.99 Å². The van der Waals surface area contributed by atoms with Crippen LogP contribution in [-0.2, 0) is 16.0 Å². The average molecular weight is 314 g/mol. The van der Waals surface area contributed by atoms with E-state index in [2.05, 4.69) is 10.3 Å². The van der Waals surface area contributed by atoms with E-state index in [0.29, 0.717) is 16.5 Å². The Labute approximate surface area is 144 Å². The number of ether oxygens (including phenoxy) is 1. The molecule has 0 aromatic heterocycles. The van der Waals surface area contributed by atoms with Crippen LogP contribution in [0.1, 0.15) is 5.56 Å². The number of rotatable bonds is 6. The molecular weight excluding hydrogens is 299 g/mol. The molecule has 1 atom stereocenters. The molecule has 1 aromatic carbocycles. The SMILES string of the molecule is COc1cccc(CC(=O)NCC2=N[C@H](C(=O)[O-])CS2)c1.[Li+]. The Hall–Kier alpha value is -1.42. The number of nitrogens with zero attached hydrogens (tertiary/aromatic N) is 1. The van der Waals surface area contributed by atoms with Crippen LogP contribution in [-0.4, -0.2) is 42.4 Å². The van der Waals surface area contributed by atoms with Crippen LogP contribution in [0.5, 0.6) is 5.75 Å². The van der Waals surface area contributed by atoms with Crippen LogP contribution in [0, 0.1) is 0 Å². The van der Waals surface area contributed by atoms with Crippen molar-refractivity contribution in [1.29, 1.82) is 0 Å². The summed E-state index contributed by atoms with van der Waals surface area (Å²) in [6, 6.07) is 6.47. The van der Waals surface area contributed by atoms with Crippen LogP contribution in [0.2, 0.25) is 0 Å². The van der Waals surface area contributed by atoms with Crippen molar-refractivity contribution in [2.75, 3.05) is 19.4 Å². The number of amides is 1. The van der Waals surface area contributed by atoms with Crippen molar-refractivity contribution in [2.45, 2.75) is 12.5 Å². The summed E-state index contributed by atoms with van der Waals surface area (Å²) in [6.45, 7) is 0.247. The van der Waals surface area contributed by atoms with Gasteiger partial charge in [0.05, 0.1) is 37.1 Å². The molecular formula is C14H15LiN2O4S. The van der Waals surface area contributed by atoms with Gasteiger partial charge in [0.2, 0.25) is 5.91 Å². The molecule has 1 aromatic rings. The van der Waals surface area contributed by atoms with Crippen molar-refractivity contribution in [3.05, 3.63) is 29.8 Å². The minimum Gasteiger partial charge on any atom is -0.548 e. The number of aliphatic imine (C=N–C) groups is 1. The molecule has 0 saturated heterocycles. The molecule has 0 saturated carbocycles. The number of hydrogen-bond acceptors (Lipinski definition) is 6.